The van der Waals surface area contributed by atoms with E-state index in [1.165, 1.54) is 4.90 Å². The fraction of sp³-hybridized carbons (Fsp3) is 0.455. The molecule has 0 spiro atoms. The van der Waals surface area contributed by atoms with Crippen LogP contribution in [0.15, 0.2) is 42.6 Å². The molecule has 1 aromatic carbocycles. The van der Waals surface area contributed by atoms with Gasteiger partial charge in [0.05, 0.1) is 24.9 Å². The van der Waals surface area contributed by atoms with E-state index in [1.54, 1.807) is 26.1 Å². The summed E-state index contributed by atoms with van der Waals surface area (Å²) in [6.07, 6.45) is 1.04. The van der Waals surface area contributed by atoms with Gasteiger partial charge in [-0.1, -0.05) is 53.5 Å². The summed E-state index contributed by atoms with van der Waals surface area (Å²) in [6.45, 7) is 3.07. The quantitative estimate of drug-likeness (QED) is 0.676. The second-order valence-corrected chi connectivity index (χ2v) is 9.39. The van der Waals surface area contributed by atoms with Crippen molar-refractivity contribution in [1.29, 1.82) is 0 Å². The van der Waals surface area contributed by atoms with Gasteiger partial charge in [-0.15, -0.1) is 0 Å². The van der Waals surface area contributed by atoms with E-state index in [9.17, 15) is 14.3 Å². The Morgan fingerprint density at radius 3 is 2.35 bits per heavy atom. The lowest BCUT2D eigenvalue weighted by Crippen LogP contribution is -2.50. The van der Waals surface area contributed by atoms with Crippen molar-refractivity contribution in [2.45, 2.75) is 42.2 Å². The maximum atomic E-state index is 14.0. The Balaban J connectivity index is 1.55. The van der Waals surface area contributed by atoms with E-state index in [-0.39, 0.29) is 13.2 Å². The highest BCUT2D eigenvalue weighted by atomic mass is 35.5. The van der Waals surface area contributed by atoms with Crippen LogP contribution in [0, 0.1) is 0 Å². The number of nitrogens with zero attached hydrogens (tertiary/aromatic N) is 2. The van der Waals surface area contributed by atoms with Gasteiger partial charge in [0, 0.05) is 11.8 Å². The van der Waals surface area contributed by atoms with Crippen molar-refractivity contribution in [3.8, 4) is 11.1 Å². The standard InChI is InChI=1S/C22H23Cl2FN2O4/c1-21(2)27(20(28)19(23)24)16(9-25)18(31-21)14-5-3-13(4-6-14)15-7-8-17(26-10-15)22(29)11-30-12-22/h3-8,10,16,18-19,29H,9,11-12H2,1-2H3/t16?,18-/m1/s1. The van der Waals surface area contributed by atoms with Crippen LogP contribution in [-0.4, -0.2) is 57.4 Å². The number of pyridine rings is 1. The zero-order valence-electron chi connectivity index (χ0n) is 17.1. The summed E-state index contributed by atoms with van der Waals surface area (Å²) in [4.78, 5) is 16.8. The molecule has 2 atom stereocenters. The SMILES string of the molecule is CC1(C)O[C@H](c2ccc(-c3ccc(C4(O)COC4)nc3)cc2)C(CF)N1C(=O)C(Cl)Cl. The summed E-state index contributed by atoms with van der Waals surface area (Å²) in [6, 6.07) is 10.3. The van der Waals surface area contributed by atoms with E-state index in [4.69, 9.17) is 32.7 Å². The first-order chi connectivity index (χ1) is 14.7. The molecule has 2 aliphatic heterocycles. The summed E-state index contributed by atoms with van der Waals surface area (Å²) in [7, 11) is 0. The lowest BCUT2D eigenvalue weighted by atomic mass is 9.95. The molecule has 4 rings (SSSR count). The fourth-order valence-electron chi connectivity index (χ4n) is 4.10. The van der Waals surface area contributed by atoms with Gasteiger partial charge in [0.1, 0.15) is 18.5 Å². The van der Waals surface area contributed by atoms with Crippen LogP contribution in [0.2, 0.25) is 0 Å². The van der Waals surface area contributed by atoms with Gasteiger partial charge < -0.3 is 19.5 Å². The summed E-state index contributed by atoms with van der Waals surface area (Å²) >= 11 is 11.5. The molecule has 0 aliphatic carbocycles. The van der Waals surface area contributed by atoms with Gasteiger partial charge in [0.2, 0.25) is 0 Å². The molecule has 1 amide bonds. The van der Waals surface area contributed by atoms with Crippen molar-refractivity contribution in [1.82, 2.24) is 9.88 Å². The number of ether oxygens (including phenoxy) is 2. The van der Waals surface area contributed by atoms with Crippen molar-refractivity contribution in [3.63, 3.8) is 0 Å². The molecule has 2 aliphatic rings. The number of alkyl halides is 3. The molecular weight excluding hydrogens is 446 g/mol. The number of amides is 1. The van der Waals surface area contributed by atoms with Crippen molar-refractivity contribution in [2.75, 3.05) is 19.9 Å². The third-order valence-corrected chi connectivity index (χ3v) is 6.13. The topological polar surface area (TPSA) is 71.9 Å². The third kappa shape index (κ3) is 4.05. The number of hydrogen-bond acceptors (Lipinski definition) is 5. The molecule has 9 heteroatoms. The molecule has 166 valence electrons. The maximum Gasteiger partial charge on any atom is 0.258 e. The highest BCUT2D eigenvalue weighted by molar-refractivity contribution is 6.53. The van der Waals surface area contributed by atoms with Gasteiger partial charge in [-0.25, -0.2) is 4.39 Å². The first-order valence-electron chi connectivity index (χ1n) is 9.88. The Morgan fingerprint density at radius 2 is 1.87 bits per heavy atom. The molecule has 3 heterocycles. The van der Waals surface area contributed by atoms with Crippen LogP contribution in [0.1, 0.15) is 31.2 Å². The molecule has 31 heavy (non-hydrogen) atoms. The van der Waals surface area contributed by atoms with Crippen molar-refractivity contribution >= 4 is 29.1 Å². The average Bonchev–Trinajstić information content (AvgIpc) is 3.01. The van der Waals surface area contributed by atoms with E-state index in [0.717, 1.165) is 16.7 Å². The maximum absolute atomic E-state index is 14.0. The molecule has 1 aromatic heterocycles. The molecule has 2 aromatic rings. The number of carbonyl (C=O) groups is 1. The first kappa shape index (κ1) is 22.4. The number of halogens is 3. The second-order valence-electron chi connectivity index (χ2n) is 8.29. The van der Waals surface area contributed by atoms with Gasteiger partial charge in [0.25, 0.3) is 5.91 Å². The molecule has 2 fully saturated rings. The summed E-state index contributed by atoms with van der Waals surface area (Å²) < 4.78 is 25.1. The Kier molecular flexibility index (Phi) is 6.00. The van der Waals surface area contributed by atoms with Crippen molar-refractivity contribution < 1.29 is 23.8 Å². The van der Waals surface area contributed by atoms with Gasteiger partial charge in [-0.2, -0.15) is 0 Å². The van der Waals surface area contributed by atoms with E-state index in [2.05, 4.69) is 4.98 Å². The summed E-state index contributed by atoms with van der Waals surface area (Å²) in [5.74, 6) is -0.584. The van der Waals surface area contributed by atoms with Crippen LogP contribution in [0.4, 0.5) is 4.39 Å². The molecule has 1 unspecified atom stereocenters. The van der Waals surface area contributed by atoms with Crippen LogP contribution in [0.25, 0.3) is 11.1 Å². The molecule has 0 bridgehead atoms. The predicted molar refractivity (Wildman–Crippen MR) is 114 cm³/mol. The number of hydrogen-bond donors (Lipinski definition) is 1. The minimum atomic E-state index is -1.29. The number of rotatable bonds is 5. The molecule has 0 radical (unpaired) electrons. The zero-order chi connectivity index (χ0) is 22.4. The van der Waals surface area contributed by atoms with Crippen LogP contribution in [-0.2, 0) is 19.9 Å². The Hall–Kier alpha value is -1.77. The van der Waals surface area contributed by atoms with E-state index >= 15 is 0 Å². The summed E-state index contributed by atoms with van der Waals surface area (Å²) in [5.41, 5.74) is 1.03. The minimum Gasteiger partial charge on any atom is -0.379 e. The van der Waals surface area contributed by atoms with Crippen LogP contribution in [0.5, 0.6) is 0 Å². The highest BCUT2D eigenvalue weighted by Crippen LogP contribution is 2.42. The monoisotopic (exact) mass is 468 g/mol. The molecule has 6 nitrogen and oxygen atoms in total. The fourth-order valence-corrected chi connectivity index (χ4v) is 4.31. The van der Waals surface area contributed by atoms with Crippen LogP contribution >= 0.6 is 23.2 Å². The van der Waals surface area contributed by atoms with E-state index < -0.39 is 40.9 Å². The lowest BCUT2D eigenvalue weighted by Gasteiger charge is -2.35. The number of carbonyl (C=O) groups excluding carboxylic acids is 1. The third-order valence-electron chi connectivity index (χ3n) is 5.75. The number of aromatic nitrogens is 1. The summed E-state index contributed by atoms with van der Waals surface area (Å²) in [5, 5.41) is 10.3. The smallest absolute Gasteiger partial charge is 0.258 e. The van der Waals surface area contributed by atoms with Crippen molar-refractivity contribution in [2.24, 2.45) is 0 Å². The van der Waals surface area contributed by atoms with E-state index in [1.807, 2.05) is 30.3 Å². The second kappa shape index (κ2) is 8.30. The van der Waals surface area contributed by atoms with Gasteiger partial charge in [-0.3, -0.25) is 9.78 Å². The number of aliphatic hydroxyl groups is 1. The minimum absolute atomic E-state index is 0.245. The Morgan fingerprint density at radius 1 is 1.23 bits per heavy atom. The number of benzene rings is 1. The largest absolute Gasteiger partial charge is 0.379 e. The molecule has 2 saturated heterocycles. The molecule has 0 saturated carbocycles. The Bertz CT molecular complexity index is 949. The van der Waals surface area contributed by atoms with Crippen molar-refractivity contribution in [3.05, 3.63) is 53.9 Å². The lowest BCUT2D eigenvalue weighted by molar-refractivity contribution is -0.186. The normalized spacial score (nSPS) is 24.3. The van der Waals surface area contributed by atoms with E-state index in [0.29, 0.717) is 5.69 Å². The molecule has 1 N–H and O–H groups in total. The van der Waals surface area contributed by atoms with Gasteiger partial charge in [-0.05, 0) is 31.0 Å². The van der Waals surface area contributed by atoms with Gasteiger partial charge in [0.15, 0.2) is 10.4 Å². The zero-order valence-corrected chi connectivity index (χ0v) is 18.6. The first-order valence-corrected chi connectivity index (χ1v) is 10.8. The van der Waals surface area contributed by atoms with Crippen LogP contribution in [0.3, 0.4) is 0 Å². The molecular formula is C22H23Cl2FN2O4. The van der Waals surface area contributed by atoms with Crippen LogP contribution < -0.4 is 0 Å². The highest BCUT2D eigenvalue weighted by Gasteiger charge is 2.51. The average molecular weight is 469 g/mol. The van der Waals surface area contributed by atoms with Gasteiger partial charge >= 0.3 is 0 Å². The predicted octanol–water partition coefficient (Wildman–Crippen LogP) is 3.74. The Labute approximate surface area is 189 Å².